The van der Waals surface area contributed by atoms with Crippen molar-refractivity contribution >= 4 is 17.7 Å². The van der Waals surface area contributed by atoms with Crippen LogP contribution in [0, 0.1) is 0 Å². The van der Waals surface area contributed by atoms with Crippen molar-refractivity contribution in [3.05, 3.63) is 23.9 Å². The SMILES string of the molecule is O=C(NC1CCCCCCCCCCC1)c1cccnc1OC1CCSC1. The lowest BCUT2D eigenvalue weighted by atomic mass is 9.97. The molecule has 27 heavy (non-hydrogen) atoms. The molecule has 2 fully saturated rings. The Hall–Kier alpha value is -1.23. The van der Waals surface area contributed by atoms with E-state index in [2.05, 4.69) is 10.3 Å². The second-order valence-electron chi connectivity index (χ2n) is 7.89. The van der Waals surface area contributed by atoms with E-state index in [0.29, 0.717) is 11.4 Å². The number of nitrogens with one attached hydrogen (secondary N) is 1. The second-order valence-corrected chi connectivity index (χ2v) is 9.04. The number of amides is 1. The molecule has 150 valence electrons. The Morgan fingerprint density at radius 2 is 1.67 bits per heavy atom. The van der Waals surface area contributed by atoms with Crippen molar-refractivity contribution in [3.8, 4) is 5.88 Å². The van der Waals surface area contributed by atoms with Crippen LogP contribution in [0.5, 0.6) is 5.88 Å². The van der Waals surface area contributed by atoms with E-state index in [1.807, 2.05) is 23.9 Å². The van der Waals surface area contributed by atoms with E-state index in [1.165, 1.54) is 57.8 Å². The summed E-state index contributed by atoms with van der Waals surface area (Å²) in [5.41, 5.74) is 0.584. The topological polar surface area (TPSA) is 51.2 Å². The molecular weight excluding hydrogens is 356 g/mol. The van der Waals surface area contributed by atoms with Gasteiger partial charge in [0.05, 0.1) is 0 Å². The maximum absolute atomic E-state index is 12.9. The monoisotopic (exact) mass is 390 g/mol. The number of ether oxygens (including phenoxy) is 1. The molecule has 1 aromatic heterocycles. The lowest BCUT2D eigenvalue weighted by Gasteiger charge is -2.21. The van der Waals surface area contributed by atoms with E-state index in [9.17, 15) is 4.79 Å². The molecule has 1 amide bonds. The molecule has 1 aliphatic heterocycles. The predicted molar refractivity (Wildman–Crippen MR) is 113 cm³/mol. The number of thioether (sulfide) groups is 1. The van der Waals surface area contributed by atoms with Crippen molar-refractivity contribution in [3.63, 3.8) is 0 Å². The van der Waals surface area contributed by atoms with E-state index in [4.69, 9.17) is 4.74 Å². The molecule has 1 unspecified atom stereocenters. The van der Waals surface area contributed by atoms with Gasteiger partial charge in [0.15, 0.2) is 0 Å². The van der Waals surface area contributed by atoms with Gasteiger partial charge in [-0.3, -0.25) is 4.79 Å². The lowest BCUT2D eigenvalue weighted by molar-refractivity contribution is 0.0923. The van der Waals surface area contributed by atoms with Gasteiger partial charge in [-0.05, 0) is 37.1 Å². The molecule has 2 aliphatic rings. The highest BCUT2D eigenvalue weighted by Crippen LogP contribution is 2.24. The Morgan fingerprint density at radius 3 is 2.30 bits per heavy atom. The zero-order valence-corrected chi connectivity index (χ0v) is 17.3. The molecule has 2 heterocycles. The fourth-order valence-corrected chi connectivity index (χ4v) is 5.09. The molecule has 3 rings (SSSR count). The molecular formula is C22H34N2O2S. The number of nitrogens with zero attached hydrogens (tertiary/aromatic N) is 1. The van der Waals surface area contributed by atoms with Crippen LogP contribution in [-0.4, -0.2) is 34.5 Å². The number of hydrogen-bond donors (Lipinski definition) is 1. The smallest absolute Gasteiger partial charge is 0.256 e. The molecule has 0 aromatic carbocycles. The van der Waals surface area contributed by atoms with E-state index in [0.717, 1.165) is 30.8 Å². The summed E-state index contributed by atoms with van der Waals surface area (Å²) in [7, 11) is 0. The molecule has 1 saturated carbocycles. The van der Waals surface area contributed by atoms with Crippen molar-refractivity contribution in [2.45, 2.75) is 89.2 Å². The summed E-state index contributed by atoms with van der Waals surface area (Å²) < 4.78 is 6.04. The first-order chi connectivity index (χ1) is 13.3. The first-order valence-corrected chi connectivity index (χ1v) is 12.0. The Balaban J connectivity index is 1.58. The number of pyridine rings is 1. The Bertz CT molecular complexity index is 563. The van der Waals surface area contributed by atoms with Crippen molar-refractivity contribution in [1.29, 1.82) is 0 Å². The van der Waals surface area contributed by atoms with E-state index < -0.39 is 0 Å². The summed E-state index contributed by atoms with van der Waals surface area (Å²) in [4.78, 5) is 17.3. The number of aromatic nitrogens is 1. The summed E-state index contributed by atoms with van der Waals surface area (Å²) in [6.07, 6.45) is 16.9. The summed E-state index contributed by atoms with van der Waals surface area (Å²) in [6.45, 7) is 0. The molecule has 1 aromatic rings. The third-order valence-corrected chi connectivity index (χ3v) is 6.75. The normalized spacial score (nSPS) is 23.2. The van der Waals surface area contributed by atoms with Gasteiger partial charge in [0, 0.05) is 18.0 Å². The number of rotatable bonds is 4. The maximum Gasteiger partial charge on any atom is 0.256 e. The van der Waals surface area contributed by atoms with Crippen molar-refractivity contribution in [2.75, 3.05) is 11.5 Å². The van der Waals surface area contributed by atoms with Crippen LogP contribution >= 0.6 is 11.8 Å². The van der Waals surface area contributed by atoms with Crippen LogP contribution in [0.15, 0.2) is 18.3 Å². The third-order valence-electron chi connectivity index (χ3n) is 5.62. The Kier molecular flexibility index (Phi) is 8.79. The van der Waals surface area contributed by atoms with Crippen LogP contribution < -0.4 is 10.1 Å². The van der Waals surface area contributed by atoms with Gasteiger partial charge in [-0.15, -0.1) is 0 Å². The first kappa shape index (κ1) is 20.5. The quantitative estimate of drug-likeness (QED) is 0.751. The number of carbonyl (C=O) groups excluding carboxylic acids is 1. The molecule has 4 nitrogen and oxygen atoms in total. The lowest BCUT2D eigenvalue weighted by Crippen LogP contribution is -2.35. The standard InChI is InChI=1S/C22H34N2O2S/c25-21(20-13-10-15-23-22(20)26-19-14-16-27-17-19)24-18-11-8-6-4-2-1-3-5-7-9-12-18/h10,13,15,18-19H,1-9,11-12,14,16-17H2,(H,24,25). The molecule has 0 bridgehead atoms. The van der Waals surface area contributed by atoms with Gasteiger partial charge in [-0.1, -0.05) is 57.8 Å². The molecule has 1 atom stereocenters. The van der Waals surface area contributed by atoms with Crippen molar-refractivity contribution < 1.29 is 9.53 Å². The minimum atomic E-state index is -0.0270. The minimum Gasteiger partial charge on any atom is -0.473 e. The highest BCUT2D eigenvalue weighted by molar-refractivity contribution is 7.99. The van der Waals surface area contributed by atoms with Crippen molar-refractivity contribution in [2.24, 2.45) is 0 Å². The van der Waals surface area contributed by atoms with Gasteiger partial charge in [-0.25, -0.2) is 4.98 Å². The minimum absolute atomic E-state index is 0.0270. The second kappa shape index (κ2) is 11.6. The summed E-state index contributed by atoms with van der Waals surface area (Å²) in [5, 5.41) is 3.29. The van der Waals surface area contributed by atoms with Gasteiger partial charge in [0.1, 0.15) is 11.7 Å². The highest BCUT2D eigenvalue weighted by Gasteiger charge is 2.22. The van der Waals surface area contributed by atoms with Crippen LogP contribution in [0.2, 0.25) is 0 Å². The summed E-state index contributed by atoms with van der Waals surface area (Å²) in [6, 6.07) is 3.94. The van der Waals surface area contributed by atoms with Gasteiger partial charge in [0.2, 0.25) is 5.88 Å². The number of hydrogen-bond acceptors (Lipinski definition) is 4. The largest absolute Gasteiger partial charge is 0.473 e. The van der Waals surface area contributed by atoms with Gasteiger partial charge in [0.25, 0.3) is 5.91 Å². The van der Waals surface area contributed by atoms with Crippen LogP contribution in [0.25, 0.3) is 0 Å². The zero-order chi connectivity index (χ0) is 18.7. The number of carbonyl (C=O) groups is 1. The van der Waals surface area contributed by atoms with Crippen LogP contribution in [0.3, 0.4) is 0 Å². The highest BCUT2D eigenvalue weighted by atomic mass is 32.2. The van der Waals surface area contributed by atoms with Crippen LogP contribution in [0.1, 0.15) is 87.4 Å². The predicted octanol–water partition coefficient (Wildman–Crippen LogP) is 5.37. The molecule has 1 aliphatic carbocycles. The van der Waals surface area contributed by atoms with Crippen LogP contribution in [0.4, 0.5) is 0 Å². The van der Waals surface area contributed by atoms with Gasteiger partial charge in [-0.2, -0.15) is 11.8 Å². The summed E-state index contributed by atoms with van der Waals surface area (Å²) >= 11 is 1.90. The summed E-state index contributed by atoms with van der Waals surface area (Å²) in [5.74, 6) is 2.58. The first-order valence-electron chi connectivity index (χ1n) is 10.8. The average Bonchev–Trinajstić information content (AvgIpc) is 3.17. The Morgan fingerprint density at radius 1 is 1.00 bits per heavy atom. The fraction of sp³-hybridized carbons (Fsp3) is 0.727. The molecule has 5 heteroatoms. The van der Waals surface area contributed by atoms with E-state index in [-0.39, 0.29) is 18.1 Å². The van der Waals surface area contributed by atoms with Crippen LogP contribution in [-0.2, 0) is 0 Å². The van der Waals surface area contributed by atoms with Gasteiger partial charge >= 0.3 is 0 Å². The molecule has 0 radical (unpaired) electrons. The molecule has 0 spiro atoms. The molecule has 1 saturated heterocycles. The van der Waals surface area contributed by atoms with E-state index in [1.54, 1.807) is 6.20 Å². The third kappa shape index (κ3) is 7.02. The average molecular weight is 391 g/mol. The molecule has 1 N–H and O–H groups in total. The fourth-order valence-electron chi connectivity index (χ4n) is 3.99. The van der Waals surface area contributed by atoms with Gasteiger partial charge < -0.3 is 10.1 Å². The Labute approximate surface area is 168 Å². The van der Waals surface area contributed by atoms with Crippen molar-refractivity contribution in [1.82, 2.24) is 10.3 Å². The zero-order valence-electron chi connectivity index (χ0n) is 16.5. The maximum atomic E-state index is 12.9. The van der Waals surface area contributed by atoms with E-state index >= 15 is 0 Å².